The number of hydrogen-bond donors (Lipinski definition) is 1. The van der Waals surface area contributed by atoms with Crippen LogP contribution < -0.4 is 5.32 Å². The third kappa shape index (κ3) is 4.33. The minimum absolute atomic E-state index is 0.0253. The summed E-state index contributed by atoms with van der Waals surface area (Å²) in [5.41, 5.74) is 0. The number of nitrogens with zero attached hydrogens (tertiary/aromatic N) is 1. The third-order valence-corrected chi connectivity index (χ3v) is 5.72. The van der Waals surface area contributed by atoms with Crippen LogP contribution in [-0.4, -0.2) is 48.4 Å². The summed E-state index contributed by atoms with van der Waals surface area (Å²) >= 11 is 0. The zero-order chi connectivity index (χ0) is 18.7. The molecule has 2 fully saturated rings. The molecule has 0 spiro atoms. The zero-order valence-corrected chi connectivity index (χ0v) is 16.1. The van der Waals surface area contributed by atoms with Crippen LogP contribution in [0.3, 0.4) is 0 Å². The Hall–Kier alpha value is -1.59. The molecule has 1 saturated heterocycles. The first kappa shape index (κ1) is 19.7. The van der Waals surface area contributed by atoms with E-state index in [1.165, 1.54) is 7.11 Å². The second-order valence-corrected chi connectivity index (χ2v) is 8.05. The van der Waals surface area contributed by atoms with Gasteiger partial charge in [0.05, 0.1) is 25.5 Å². The Labute approximate surface area is 150 Å². The van der Waals surface area contributed by atoms with Gasteiger partial charge in [0.2, 0.25) is 11.8 Å². The van der Waals surface area contributed by atoms with Crippen molar-refractivity contribution in [1.82, 2.24) is 10.2 Å². The van der Waals surface area contributed by atoms with Gasteiger partial charge in [0, 0.05) is 18.5 Å². The van der Waals surface area contributed by atoms with E-state index < -0.39 is 0 Å². The molecule has 1 N–H and O–H groups in total. The Morgan fingerprint density at radius 2 is 1.80 bits per heavy atom. The third-order valence-electron chi connectivity index (χ3n) is 5.72. The molecule has 0 aromatic heterocycles. The average Bonchev–Trinajstić information content (AvgIpc) is 3.14. The van der Waals surface area contributed by atoms with E-state index in [0.717, 1.165) is 19.3 Å². The van der Waals surface area contributed by atoms with Crippen LogP contribution in [0.2, 0.25) is 0 Å². The van der Waals surface area contributed by atoms with Crippen molar-refractivity contribution in [3.63, 3.8) is 0 Å². The number of rotatable bonds is 6. The molecule has 1 heterocycles. The number of nitrogens with one attached hydrogen (secondary N) is 1. The lowest BCUT2D eigenvalue weighted by Gasteiger charge is -2.33. The van der Waals surface area contributed by atoms with Gasteiger partial charge in [-0.1, -0.05) is 27.7 Å². The van der Waals surface area contributed by atoms with Gasteiger partial charge in [-0.3, -0.25) is 14.4 Å². The standard InChI is InChI=1S/C19H32N2O4/c1-11(2)14(10-16(22)25-5)19(24)21-9-8-13-6-7-15(17(13)21)20-18(23)12(3)4/h11-15,17H,6-10H2,1-5H3,(H,20,23). The zero-order valence-electron chi connectivity index (χ0n) is 16.1. The van der Waals surface area contributed by atoms with Crippen LogP contribution in [0.5, 0.6) is 0 Å². The van der Waals surface area contributed by atoms with Gasteiger partial charge >= 0.3 is 5.97 Å². The quantitative estimate of drug-likeness (QED) is 0.742. The molecule has 0 radical (unpaired) electrons. The molecule has 1 aliphatic heterocycles. The number of likely N-dealkylation sites (tertiary alicyclic amines) is 1. The molecule has 2 rings (SSSR count). The second-order valence-electron chi connectivity index (χ2n) is 8.05. The van der Waals surface area contributed by atoms with Crippen molar-refractivity contribution in [1.29, 1.82) is 0 Å². The number of carbonyl (C=O) groups is 3. The van der Waals surface area contributed by atoms with Crippen LogP contribution >= 0.6 is 0 Å². The monoisotopic (exact) mass is 352 g/mol. The summed E-state index contributed by atoms with van der Waals surface area (Å²) < 4.78 is 4.76. The average molecular weight is 352 g/mol. The summed E-state index contributed by atoms with van der Waals surface area (Å²) in [7, 11) is 1.35. The first-order valence-corrected chi connectivity index (χ1v) is 9.43. The molecular formula is C19H32N2O4. The Balaban J connectivity index is 2.12. The van der Waals surface area contributed by atoms with Crippen LogP contribution in [0.25, 0.3) is 0 Å². The van der Waals surface area contributed by atoms with Crippen LogP contribution in [0.1, 0.15) is 53.4 Å². The molecule has 0 aromatic carbocycles. The van der Waals surface area contributed by atoms with Crippen molar-refractivity contribution in [2.24, 2.45) is 23.7 Å². The molecule has 2 amide bonds. The lowest BCUT2D eigenvalue weighted by atomic mass is 9.90. The fourth-order valence-electron chi connectivity index (χ4n) is 4.15. The molecule has 4 unspecified atom stereocenters. The molecular weight excluding hydrogens is 320 g/mol. The summed E-state index contributed by atoms with van der Waals surface area (Å²) in [6.07, 6.45) is 3.05. The predicted octanol–water partition coefficient (Wildman–Crippen LogP) is 1.97. The maximum atomic E-state index is 13.2. The highest BCUT2D eigenvalue weighted by Crippen LogP contribution is 2.39. The van der Waals surface area contributed by atoms with Crippen molar-refractivity contribution in [3.05, 3.63) is 0 Å². The smallest absolute Gasteiger partial charge is 0.306 e. The van der Waals surface area contributed by atoms with Crippen LogP contribution in [0.4, 0.5) is 0 Å². The van der Waals surface area contributed by atoms with E-state index in [1.54, 1.807) is 0 Å². The van der Waals surface area contributed by atoms with Crippen LogP contribution in [0, 0.1) is 23.7 Å². The summed E-state index contributed by atoms with van der Waals surface area (Å²) in [6.45, 7) is 8.40. The van der Waals surface area contributed by atoms with Crippen molar-refractivity contribution in [2.75, 3.05) is 13.7 Å². The molecule has 1 saturated carbocycles. The minimum atomic E-state index is -0.367. The maximum absolute atomic E-state index is 13.2. The molecule has 142 valence electrons. The predicted molar refractivity (Wildman–Crippen MR) is 94.6 cm³/mol. The molecule has 1 aliphatic carbocycles. The number of carbonyl (C=O) groups excluding carboxylic acids is 3. The SMILES string of the molecule is COC(=O)CC(C(=O)N1CCC2CCC(NC(=O)C(C)C)C21)C(C)C. The van der Waals surface area contributed by atoms with E-state index in [4.69, 9.17) is 4.74 Å². The van der Waals surface area contributed by atoms with Crippen molar-refractivity contribution < 1.29 is 19.1 Å². The first-order valence-electron chi connectivity index (χ1n) is 9.43. The number of esters is 1. The molecule has 0 bridgehead atoms. The molecule has 6 heteroatoms. The fraction of sp³-hybridized carbons (Fsp3) is 0.842. The normalized spacial score (nSPS) is 26.7. The van der Waals surface area contributed by atoms with Gasteiger partial charge in [0.1, 0.15) is 0 Å². The van der Waals surface area contributed by atoms with Crippen LogP contribution in [0.15, 0.2) is 0 Å². The highest BCUT2D eigenvalue weighted by molar-refractivity contribution is 5.85. The Morgan fingerprint density at radius 3 is 2.36 bits per heavy atom. The largest absolute Gasteiger partial charge is 0.469 e. The highest BCUT2D eigenvalue weighted by atomic mass is 16.5. The second kappa shape index (κ2) is 8.19. The summed E-state index contributed by atoms with van der Waals surface area (Å²) in [5.74, 6) is -0.193. The summed E-state index contributed by atoms with van der Waals surface area (Å²) in [5, 5.41) is 3.13. The van der Waals surface area contributed by atoms with E-state index in [1.807, 2.05) is 32.6 Å². The van der Waals surface area contributed by atoms with E-state index in [2.05, 4.69) is 5.32 Å². The Morgan fingerprint density at radius 1 is 1.12 bits per heavy atom. The topological polar surface area (TPSA) is 75.7 Å². The van der Waals surface area contributed by atoms with E-state index in [-0.39, 0.29) is 54.0 Å². The summed E-state index contributed by atoms with van der Waals surface area (Å²) in [6, 6.07) is 0.0892. The summed E-state index contributed by atoms with van der Waals surface area (Å²) in [4.78, 5) is 38.9. The molecule has 6 nitrogen and oxygen atoms in total. The van der Waals surface area contributed by atoms with E-state index >= 15 is 0 Å². The van der Waals surface area contributed by atoms with Crippen molar-refractivity contribution in [2.45, 2.75) is 65.5 Å². The number of fused-ring (bicyclic) bond motifs is 1. The fourth-order valence-corrected chi connectivity index (χ4v) is 4.15. The van der Waals surface area contributed by atoms with Gasteiger partial charge in [0.15, 0.2) is 0 Å². The Bertz CT molecular complexity index is 518. The van der Waals surface area contributed by atoms with Gasteiger partial charge in [-0.15, -0.1) is 0 Å². The van der Waals surface area contributed by atoms with E-state index in [9.17, 15) is 14.4 Å². The highest BCUT2D eigenvalue weighted by Gasteiger charge is 2.48. The maximum Gasteiger partial charge on any atom is 0.306 e. The number of methoxy groups -OCH3 is 1. The van der Waals surface area contributed by atoms with Crippen molar-refractivity contribution >= 4 is 17.8 Å². The molecule has 2 aliphatic rings. The molecule has 4 atom stereocenters. The van der Waals surface area contributed by atoms with Gasteiger partial charge in [-0.2, -0.15) is 0 Å². The van der Waals surface area contributed by atoms with Gasteiger partial charge in [-0.05, 0) is 31.1 Å². The lowest BCUT2D eigenvalue weighted by Crippen LogP contribution is -2.52. The van der Waals surface area contributed by atoms with Gasteiger partial charge < -0.3 is 15.0 Å². The van der Waals surface area contributed by atoms with E-state index in [0.29, 0.717) is 12.5 Å². The van der Waals surface area contributed by atoms with Gasteiger partial charge in [-0.25, -0.2) is 0 Å². The van der Waals surface area contributed by atoms with Gasteiger partial charge in [0.25, 0.3) is 0 Å². The van der Waals surface area contributed by atoms with Crippen molar-refractivity contribution in [3.8, 4) is 0 Å². The number of amides is 2. The minimum Gasteiger partial charge on any atom is -0.469 e. The molecule has 0 aromatic rings. The molecule has 25 heavy (non-hydrogen) atoms. The number of hydrogen-bond acceptors (Lipinski definition) is 4. The number of ether oxygens (including phenoxy) is 1. The lowest BCUT2D eigenvalue weighted by molar-refractivity contribution is -0.148. The van der Waals surface area contributed by atoms with Crippen LogP contribution in [-0.2, 0) is 19.1 Å². The first-order chi connectivity index (χ1) is 11.8. The Kier molecular flexibility index (Phi) is 6.47.